The van der Waals surface area contributed by atoms with E-state index >= 15 is 0 Å². The Morgan fingerprint density at radius 1 is 1.16 bits per heavy atom. The van der Waals surface area contributed by atoms with Gasteiger partial charge in [0.05, 0.1) is 6.10 Å². The highest BCUT2D eigenvalue weighted by Crippen LogP contribution is 2.26. The SMILES string of the molecule is CC(C)Oc1ccc(C(=O)NC(=S)N2CCCc3ccccc32)cc1. The van der Waals surface area contributed by atoms with Crippen LogP contribution in [0.4, 0.5) is 5.69 Å². The number of hydrogen-bond donors (Lipinski definition) is 1. The number of rotatable bonds is 3. The molecule has 3 rings (SSSR count). The van der Waals surface area contributed by atoms with Gasteiger partial charge in [0, 0.05) is 17.8 Å². The summed E-state index contributed by atoms with van der Waals surface area (Å²) in [6.07, 6.45) is 2.17. The Labute approximate surface area is 153 Å². The van der Waals surface area contributed by atoms with E-state index in [-0.39, 0.29) is 12.0 Å². The zero-order valence-corrected chi connectivity index (χ0v) is 15.3. The molecular weight excluding hydrogens is 332 g/mol. The van der Waals surface area contributed by atoms with Crippen LogP contribution in [0, 0.1) is 0 Å². The Balaban J connectivity index is 1.68. The van der Waals surface area contributed by atoms with Gasteiger partial charge in [-0.05, 0) is 74.8 Å². The molecule has 2 aromatic rings. The third kappa shape index (κ3) is 4.17. The van der Waals surface area contributed by atoms with Crippen LogP contribution in [0.2, 0.25) is 0 Å². The zero-order valence-electron chi connectivity index (χ0n) is 14.5. The van der Waals surface area contributed by atoms with Gasteiger partial charge in [0.1, 0.15) is 5.75 Å². The van der Waals surface area contributed by atoms with E-state index in [9.17, 15) is 4.79 Å². The van der Waals surface area contributed by atoms with Crippen molar-refractivity contribution in [1.29, 1.82) is 0 Å². The lowest BCUT2D eigenvalue weighted by molar-refractivity contribution is 0.0977. The molecule has 1 N–H and O–H groups in total. The van der Waals surface area contributed by atoms with Crippen molar-refractivity contribution in [3.8, 4) is 5.75 Å². The quantitative estimate of drug-likeness (QED) is 0.848. The summed E-state index contributed by atoms with van der Waals surface area (Å²) in [6, 6.07) is 15.3. The van der Waals surface area contributed by atoms with Gasteiger partial charge in [0.2, 0.25) is 0 Å². The number of hydrogen-bond acceptors (Lipinski definition) is 3. The van der Waals surface area contributed by atoms with Crippen LogP contribution < -0.4 is 15.0 Å². The number of aryl methyl sites for hydroxylation is 1. The Bertz CT molecular complexity index is 772. The summed E-state index contributed by atoms with van der Waals surface area (Å²) in [5.41, 5.74) is 2.91. The third-order valence-corrected chi connectivity index (χ3v) is 4.39. The van der Waals surface area contributed by atoms with E-state index in [4.69, 9.17) is 17.0 Å². The van der Waals surface area contributed by atoms with Gasteiger partial charge in [-0.25, -0.2) is 0 Å². The summed E-state index contributed by atoms with van der Waals surface area (Å²) in [4.78, 5) is 14.5. The second kappa shape index (κ2) is 7.66. The number of carbonyl (C=O) groups is 1. The Hall–Kier alpha value is -2.40. The average molecular weight is 354 g/mol. The fourth-order valence-electron chi connectivity index (χ4n) is 2.94. The molecule has 1 aliphatic rings. The predicted molar refractivity (Wildman–Crippen MR) is 104 cm³/mol. The Kier molecular flexibility index (Phi) is 5.34. The number of anilines is 1. The first-order valence-electron chi connectivity index (χ1n) is 8.52. The molecule has 4 nitrogen and oxygen atoms in total. The molecule has 1 amide bonds. The fraction of sp³-hybridized carbons (Fsp3) is 0.300. The lowest BCUT2D eigenvalue weighted by Gasteiger charge is -2.31. The van der Waals surface area contributed by atoms with Crippen molar-refractivity contribution in [3.05, 3.63) is 59.7 Å². The van der Waals surface area contributed by atoms with Crippen LogP contribution in [0.25, 0.3) is 0 Å². The number of benzene rings is 2. The monoisotopic (exact) mass is 354 g/mol. The molecule has 0 bridgehead atoms. The number of amides is 1. The van der Waals surface area contributed by atoms with Crippen LogP contribution in [0.15, 0.2) is 48.5 Å². The molecule has 0 saturated heterocycles. The molecule has 0 aromatic heterocycles. The van der Waals surface area contributed by atoms with E-state index in [0.29, 0.717) is 10.7 Å². The van der Waals surface area contributed by atoms with Crippen LogP contribution >= 0.6 is 12.2 Å². The number of ether oxygens (including phenoxy) is 1. The predicted octanol–water partition coefficient (Wildman–Crippen LogP) is 3.94. The molecule has 1 heterocycles. The van der Waals surface area contributed by atoms with E-state index in [0.717, 1.165) is 30.8 Å². The Morgan fingerprint density at radius 3 is 2.60 bits per heavy atom. The van der Waals surface area contributed by atoms with Crippen molar-refractivity contribution < 1.29 is 9.53 Å². The molecular formula is C20H22N2O2S. The molecule has 5 heteroatoms. The fourth-order valence-corrected chi connectivity index (χ4v) is 3.22. The van der Waals surface area contributed by atoms with E-state index in [2.05, 4.69) is 11.4 Å². The highest BCUT2D eigenvalue weighted by molar-refractivity contribution is 7.80. The maximum Gasteiger partial charge on any atom is 0.257 e. The molecule has 0 radical (unpaired) electrons. The van der Waals surface area contributed by atoms with Gasteiger partial charge in [0.15, 0.2) is 5.11 Å². The smallest absolute Gasteiger partial charge is 0.257 e. The highest BCUT2D eigenvalue weighted by Gasteiger charge is 2.21. The molecule has 1 aliphatic heterocycles. The van der Waals surface area contributed by atoms with Crippen LogP contribution in [-0.4, -0.2) is 23.7 Å². The number of fused-ring (bicyclic) bond motifs is 1. The van der Waals surface area contributed by atoms with E-state index in [1.807, 2.05) is 36.9 Å². The summed E-state index contributed by atoms with van der Waals surface area (Å²) in [5, 5.41) is 3.29. The van der Waals surface area contributed by atoms with Crippen molar-refractivity contribution in [2.45, 2.75) is 32.8 Å². The molecule has 0 unspecified atom stereocenters. The lowest BCUT2D eigenvalue weighted by Crippen LogP contribution is -2.45. The molecule has 0 fully saturated rings. The zero-order chi connectivity index (χ0) is 17.8. The van der Waals surface area contributed by atoms with Crippen molar-refractivity contribution in [2.75, 3.05) is 11.4 Å². The first-order valence-corrected chi connectivity index (χ1v) is 8.93. The normalized spacial score (nSPS) is 13.3. The van der Waals surface area contributed by atoms with Gasteiger partial charge >= 0.3 is 0 Å². The molecule has 2 aromatic carbocycles. The van der Waals surface area contributed by atoms with Gasteiger partial charge < -0.3 is 9.64 Å². The minimum Gasteiger partial charge on any atom is -0.491 e. The second-order valence-electron chi connectivity index (χ2n) is 6.33. The van der Waals surface area contributed by atoms with Gasteiger partial charge in [0.25, 0.3) is 5.91 Å². The van der Waals surface area contributed by atoms with E-state index < -0.39 is 0 Å². The number of nitrogens with one attached hydrogen (secondary N) is 1. The van der Waals surface area contributed by atoms with Gasteiger partial charge in [-0.2, -0.15) is 0 Å². The summed E-state index contributed by atoms with van der Waals surface area (Å²) >= 11 is 5.48. The van der Waals surface area contributed by atoms with E-state index in [1.54, 1.807) is 24.3 Å². The molecule has 0 atom stereocenters. The minimum absolute atomic E-state index is 0.103. The summed E-state index contributed by atoms with van der Waals surface area (Å²) in [7, 11) is 0. The van der Waals surface area contributed by atoms with Crippen LogP contribution in [0.3, 0.4) is 0 Å². The minimum atomic E-state index is -0.204. The summed E-state index contributed by atoms with van der Waals surface area (Å²) in [6.45, 7) is 4.75. The standard InChI is InChI=1S/C20H22N2O2S/c1-14(2)24-17-11-9-16(10-12-17)19(23)21-20(25)22-13-5-7-15-6-3-4-8-18(15)22/h3-4,6,8-12,14H,5,7,13H2,1-2H3,(H,21,23,25). The lowest BCUT2D eigenvalue weighted by atomic mass is 10.0. The number of para-hydroxylation sites is 1. The maximum absolute atomic E-state index is 12.5. The number of thiocarbonyl (C=S) groups is 1. The van der Waals surface area contributed by atoms with Crippen molar-refractivity contribution in [1.82, 2.24) is 5.32 Å². The highest BCUT2D eigenvalue weighted by atomic mass is 32.1. The molecule has 0 spiro atoms. The topological polar surface area (TPSA) is 41.6 Å². The molecule has 25 heavy (non-hydrogen) atoms. The van der Waals surface area contributed by atoms with Crippen molar-refractivity contribution in [2.24, 2.45) is 0 Å². The van der Waals surface area contributed by atoms with Crippen molar-refractivity contribution >= 4 is 28.9 Å². The third-order valence-electron chi connectivity index (χ3n) is 4.06. The molecule has 0 aliphatic carbocycles. The largest absolute Gasteiger partial charge is 0.491 e. The molecule has 0 saturated carbocycles. The Morgan fingerprint density at radius 2 is 1.88 bits per heavy atom. The first kappa shape index (κ1) is 17.4. The van der Waals surface area contributed by atoms with Crippen molar-refractivity contribution in [3.63, 3.8) is 0 Å². The summed E-state index contributed by atoms with van der Waals surface area (Å²) < 4.78 is 5.60. The summed E-state index contributed by atoms with van der Waals surface area (Å²) in [5.74, 6) is 0.545. The van der Waals surface area contributed by atoms with Crippen LogP contribution in [0.1, 0.15) is 36.2 Å². The molecule has 130 valence electrons. The number of carbonyl (C=O) groups excluding carboxylic acids is 1. The maximum atomic E-state index is 12.5. The van der Waals surface area contributed by atoms with Crippen LogP contribution in [0.5, 0.6) is 5.75 Å². The van der Waals surface area contributed by atoms with Crippen LogP contribution in [-0.2, 0) is 6.42 Å². The first-order chi connectivity index (χ1) is 12.0. The average Bonchev–Trinajstić information content (AvgIpc) is 2.61. The van der Waals surface area contributed by atoms with Gasteiger partial charge in [-0.1, -0.05) is 18.2 Å². The van der Waals surface area contributed by atoms with Gasteiger partial charge in [-0.3, -0.25) is 10.1 Å². The van der Waals surface area contributed by atoms with Gasteiger partial charge in [-0.15, -0.1) is 0 Å². The van der Waals surface area contributed by atoms with E-state index in [1.165, 1.54) is 5.56 Å². The second-order valence-corrected chi connectivity index (χ2v) is 6.72. The number of nitrogens with zero attached hydrogens (tertiary/aromatic N) is 1.